The Bertz CT molecular complexity index is 1190. The number of aromatic nitrogens is 2. The summed E-state index contributed by atoms with van der Waals surface area (Å²) in [7, 11) is 0. The highest BCUT2D eigenvalue weighted by atomic mass is 16.2. The Morgan fingerprint density at radius 1 is 0.909 bits per heavy atom. The van der Waals surface area contributed by atoms with Gasteiger partial charge < -0.3 is 10.2 Å². The molecule has 3 aromatic carbocycles. The second kappa shape index (κ2) is 9.84. The van der Waals surface area contributed by atoms with Gasteiger partial charge in [0.2, 0.25) is 5.91 Å². The summed E-state index contributed by atoms with van der Waals surface area (Å²) in [6.07, 6.45) is 3.04. The van der Waals surface area contributed by atoms with E-state index in [9.17, 15) is 4.79 Å². The molecule has 0 bridgehead atoms. The Labute approximate surface area is 194 Å². The Morgan fingerprint density at radius 3 is 2.30 bits per heavy atom. The first-order valence-corrected chi connectivity index (χ1v) is 11.5. The lowest BCUT2D eigenvalue weighted by Crippen LogP contribution is -2.54. The maximum atomic E-state index is 13.6. The van der Waals surface area contributed by atoms with Gasteiger partial charge in [0, 0.05) is 36.8 Å². The highest BCUT2D eigenvalue weighted by molar-refractivity contribution is 5.82. The molecule has 0 saturated carbocycles. The van der Waals surface area contributed by atoms with Crippen molar-refractivity contribution in [3.8, 4) is 16.9 Å². The minimum absolute atomic E-state index is 0.151. The first-order valence-electron chi connectivity index (χ1n) is 11.5. The molecule has 1 aromatic heterocycles. The molecule has 4 aromatic rings. The van der Waals surface area contributed by atoms with Crippen molar-refractivity contribution in [3.63, 3.8) is 0 Å². The predicted molar refractivity (Wildman–Crippen MR) is 131 cm³/mol. The summed E-state index contributed by atoms with van der Waals surface area (Å²) < 4.78 is 1.94. The number of amides is 1. The van der Waals surface area contributed by atoms with Crippen LogP contribution in [0.4, 0.5) is 0 Å². The van der Waals surface area contributed by atoms with Crippen LogP contribution in [0.2, 0.25) is 0 Å². The largest absolute Gasteiger partial charge is 0.337 e. The number of rotatable bonds is 6. The Balaban J connectivity index is 1.43. The van der Waals surface area contributed by atoms with Crippen molar-refractivity contribution in [1.82, 2.24) is 20.0 Å². The number of para-hydroxylation sites is 1. The van der Waals surface area contributed by atoms with Crippen LogP contribution in [-0.4, -0.2) is 46.3 Å². The zero-order valence-electron chi connectivity index (χ0n) is 18.6. The van der Waals surface area contributed by atoms with E-state index in [-0.39, 0.29) is 11.9 Å². The zero-order chi connectivity index (χ0) is 22.5. The van der Waals surface area contributed by atoms with Gasteiger partial charge >= 0.3 is 0 Å². The molecule has 5 nitrogen and oxygen atoms in total. The van der Waals surface area contributed by atoms with E-state index < -0.39 is 0 Å². The third kappa shape index (κ3) is 4.73. The van der Waals surface area contributed by atoms with Crippen molar-refractivity contribution in [2.75, 3.05) is 19.6 Å². The number of piperazine rings is 1. The number of hydrogen-bond donors (Lipinski definition) is 1. The lowest BCUT2D eigenvalue weighted by molar-refractivity contribution is -0.133. The van der Waals surface area contributed by atoms with Crippen LogP contribution in [0, 0.1) is 0 Å². The normalized spacial score (nSPS) is 16.0. The van der Waals surface area contributed by atoms with Crippen LogP contribution < -0.4 is 5.32 Å². The highest BCUT2D eigenvalue weighted by Crippen LogP contribution is 2.27. The van der Waals surface area contributed by atoms with Crippen LogP contribution in [-0.2, 0) is 17.6 Å². The molecular weight excluding hydrogens is 408 g/mol. The lowest BCUT2D eigenvalue weighted by Gasteiger charge is -2.36. The van der Waals surface area contributed by atoms with Gasteiger partial charge in [-0.1, -0.05) is 78.9 Å². The monoisotopic (exact) mass is 436 g/mol. The molecule has 1 amide bonds. The molecule has 5 heteroatoms. The van der Waals surface area contributed by atoms with Gasteiger partial charge in [-0.25, -0.2) is 4.68 Å². The molecule has 166 valence electrons. The van der Waals surface area contributed by atoms with E-state index in [1.807, 2.05) is 65.5 Å². The predicted octanol–water partition coefficient (Wildman–Crippen LogP) is 4.12. The van der Waals surface area contributed by atoms with Gasteiger partial charge in [0.1, 0.15) is 0 Å². The number of carbonyl (C=O) groups excluding carboxylic acids is 1. The van der Waals surface area contributed by atoms with Crippen LogP contribution in [0.15, 0.2) is 97.2 Å². The van der Waals surface area contributed by atoms with E-state index in [1.165, 1.54) is 5.56 Å². The summed E-state index contributed by atoms with van der Waals surface area (Å²) in [6, 6.07) is 30.9. The average molecular weight is 437 g/mol. The van der Waals surface area contributed by atoms with Crippen LogP contribution in [0.5, 0.6) is 0 Å². The van der Waals surface area contributed by atoms with Crippen molar-refractivity contribution in [1.29, 1.82) is 0 Å². The van der Waals surface area contributed by atoms with Gasteiger partial charge in [0.05, 0.1) is 24.0 Å². The number of hydrogen-bond acceptors (Lipinski definition) is 3. The van der Waals surface area contributed by atoms with E-state index >= 15 is 0 Å². The molecule has 33 heavy (non-hydrogen) atoms. The van der Waals surface area contributed by atoms with Crippen molar-refractivity contribution in [2.45, 2.75) is 18.9 Å². The fourth-order valence-electron chi connectivity index (χ4n) is 4.60. The van der Waals surface area contributed by atoms with E-state index in [4.69, 9.17) is 0 Å². The molecule has 1 N–H and O–H groups in total. The Morgan fingerprint density at radius 2 is 1.58 bits per heavy atom. The molecule has 2 heterocycles. The molecule has 1 fully saturated rings. The van der Waals surface area contributed by atoms with E-state index in [1.54, 1.807) is 0 Å². The molecule has 1 aliphatic heterocycles. The fourth-order valence-corrected chi connectivity index (χ4v) is 4.60. The average Bonchev–Trinajstić information content (AvgIpc) is 3.29. The van der Waals surface area contributed by atoms with Crippen LogP contribution in [0.25, 0.3) is 16.9 Å². The number of benzene rings is 3. The van der Waals surface area contributed by atoms with Crippen molar-refractivity contribution in [2.24, 2.45) is 0 Å². The number of nitrogens with zero attached hydrogens (tertiary/aromatic N) is 3. The summed E-state index contributed by atoms with van der Waals surface area (Å²) in [5.74, 6) is 0.155. The third-order valence-corrected chi connectivity index (χ3v) is 6.22. The summed E-state index contributed by atoms with van der Waals surface area (Å²) in [5, 5.41) is 8.14. The van der Waals surface area contributed by atoms with Crippen molar-refractivity contribution in [3.05, 3.63) is 108 Å². The molecule has 0 aliphatic carbocycles. The van der Waals surface area contributed by atoms with Gasteiger partial charge in [-0.3, -0.25) is 4.79 Å². The topological polar surface area (TPSA) is 50.2 Å². The molecule has 0 radical (unpaired) electrons. The molecule has 5 rings (SSSR count). The van der Waals surface area contributed by atoms with E-state index in [0.29, 0.717) is 6.42 Å². The summed E-state index contributed by atoms with van der Waals surface area (Å²) in [4.78, 5) is 15.6. The molecule has 1 saturated heterocycles. The van der Waals surface area contributed by atoms with Crippen molar-refractivity contribution < 1.29 is 4.79 Å². The first-order chi connectivity index (χ1) is 16.3. The summed E-state index contributed by atoms with van der Waals surface area (Å²) in [6.45, 7) is 2.37. The van der Waals surface area contributed by atoms with Gasteiger partial charge in [-0.05, 0) is 24.1 Å². The Kier molecular flexibility index (Phi) is 6.31. The molecular formula is C28H28N4O. The molecule has 0 unspecified atom stereocenters. The minimum Gasteiger partial charge on any atom is -0.337 e. The molecule has 0 spiro atoms. The van der Waals surface area contributed by atoms with Crippen LogP contribution in [0.3, 0.4) is 0 Å². The standard InChI is InChI=1S/C28H28N4O/c33-27(31-17-16-29-21-26(31)18-22-10-4-1-5-11-22)19-24-20-30-32(25-14-8-3-9-15-25)28(24)23-12-6-2-7-13-23/h1-15,20,26,29H,16-19,21H2/t26-/m1/s1. The second-order valence-corrected chi connectivity index (χ2v) is 8.44. The lowest BCUT2D eigenvalue weighted by atomic mass is 10.0. The van der Waals surface area contributed by atoms with Gasteiger partial charge in [0.25, 0.3) is 0 Å². The maximum absolute atomic E-state index is 13.6. The number of nitrogens with one attached hydrogen (secondary N) is 1. The number of carbonyl (C=O) groups is 1. The van der Waals surface area contributed by atoms with Gasteiger partial charge in [0.15, 0.2) is 0 Å². The SMILES string of the molecule is O=C(Cc1cnn(-c2ccccc2)c1-c1ccccc1)N1CCNC[C@H]1Cc1ccccc1. The summed E-state index contributed by atoms with van der Waals surface area (Å²) >= 11 is 0. The molecule has 1 aliphatic rings. The van der Waals surface area contributed by atoms with E-state index in [2.05, 4.69) is 51.7 Å². The molecule has 1 atom stereocenters. The maximum Gasteiger partial charge on any atom is 0.227 e. The van der Waals surface area contributed by atoms with Crippen LogP contribution in [0.1, 0.15) is 11.1 Å². The van der Waals surface area contributed by atoms with E-state index in [0.717, 1.165) is 48.6 Å². The van der Waals surface area contributed by atoms with Crippen LogP contribution >= 0.6 is 0 Å². The summed E-state index contributed by atoms with van der Waals surface area (Å²) in [5.41, 5.74) is 5.23. The van der Waals surface area contributed by atoms with Crippen molar-refractivity contribution >= 4 is 5.91 Å². The van der Waals surface area contributed by atoms with Gasteiger partial charge in [-0.2, -0.15) is 5.10 Å². The highest BCUT2D eigenvalue weighted by Gasteiger charge is 2.28. The Hall–Kier alpha value is -3.70. The minimum atomic E-state index is 0.151. The fraction of sp³-hybridized carbons (Fsp3) is 0.214. The van der Waals surface area contributed by atoms with Gasteiger partial charge in [-0.15, -0.1) is 0 Å². The quantitative estimate of drug-likeness (QED) is 0.495. The zero-order valence-corrected chi connectivity index (χ0v) is 18.6. The third-order valence-electron chi connectivity index (χ3n) is 6.22. The smallest absolute Gasteiger partial charge is 0.227 e. The first kappa shape index (κ1) is 21.2. The second-order valence-electron chi connectivity index (χ2n) is 8.44.